The van der Waals surface area contributed by atoms with Gasteiger partial charge < -0.3 is 10.2 Å². The van der Waals surface area contributed by atoms with Gasteiger partial charge in [0.05, 0.1) is 11.5 Å². The summed E-state index contributed by atoms with van der Waals surface area (Å²) in [4.78, 5) is 11.0. The van der Waals surface area contributed by atoms with Crippen LogP contribution in [0, 0.1) is 5.41 Å². The topological polar surface area (TPSA) is 57.5 Å². The number of carboxylic acids is 1. The molecule has 0 unspecified atom stereocenters. The summed E-state index contributed by atoms with van der Waals surface area (Å²) in [5.41, 5.74) is -0.916. The Hall–Kier alpha value is -0.570. The zero-order valence-electron chi connectivity index (χ0n) is 8.12. The molecule has 1 fully saturated rings. The molecular formula is C10H18O3. The Morgan fingerprint density at radius 1 is 1.31 bits per heavy atom. The van der Waals surface area contributed by atoms with Crippen LogP contribution in [0.3, 0.4) is 0 Å². The molecule has 0 aromatic carbocycles. The maximum absolute atomic E-state index is 11.0. The maximum Gasteiger partial charge on any atom is 0.311 e. The Bertz CT molecular complexity index is 191. The molecular weight excluding hydrogens is 168 g/mol. The van der Waals surface area contributed by atoms with Gasteiger partial charge in [-0.3, -0.25) is 4.79 Å². The van der Waals surface area contributed by atoms with Crippen LogP contribution in [-0.4, -0.2) is 22.3 Å². The quantitative estimate of drug-likeness (QED) is 0.656. The summed E-state index contributed by atoms with van der Waals surface area (Å²) in [6.45, 7) is 1.66. The summed E-state index contributed by atoms with van der Waals surface area (Å²) in [7, 11) is 0. The van der Waals surface area contributed by atoms with Gasteiger partial charge >= 0.3 is 5.97 Å². The van der Waals surface area contributed by atoms with Gasteiger partial charge in [-0.15, -0.1) is 0 Å². The largest absolute Gasteiger partial charge is 0.481 e. The second-order valence-corrected chi connectivity index (χ2v) is 4.19. The van der Waals surface area contributed by atoms with Gasteiger partial charge in [0, 0.05) is 0 Å². The summed E-state index contributed by atoms with van der Waals surface area (Å²) >= 11 is 0. The van der Waals surface area contributed by atoms with Crippen LogP contribution >= 0.6 is 0 Å². The molecule has 1 rings (SSSR count). The standard InChI is InChI=1S/C10H18O3/c1-10(9(12)13)7-5-3-2-4-6-8(10)11/h8,11H,2-7H2,1H3,(H,12,13)/t8-,10-/m0/s1. The lowest BCUT2D eigenvalue weighted by Gasteiger charge is -2.32. The number of aliphatic hydroxyl groups is 1. The summed E-state index contributed by atoms with van der Waals surface area (Å²) in [5, 5.41) is 18.7. The molecule has 0 radical (unpaired) electrons. The Balaban J connectivity index is 2.71. The Kier molecular flexibility index (Phi) is 3.31. The Labute approximate surface area is 78.8 Å². The van der Waals surface area contributed by atoms with Gasteiger partial charge in [-0.25, -0.2) is 0 Å². The van der Waals surface area contributed by atoms with Crippen molar-refractivity contribution in [2.24, 2.45) is 5.41 Å². The van der Waals surface area contributed by atoms with Crippen LogP contribution in [0.5, 0.6) is 0 Å². The molecule has 0 bridgehead atoms. The fourth-order valence-corrected chi connectivity index (χ4v) is 1.92. The highest BCUT2D eigenvalue weighted by molar-refractivity contribution is 5.74. The minimum Gasteiger partial charge on any atom is -0.481 e. The number of rotatable bonds is 1. The number of aliphatic carboxylic acids is 1. The number of aliphatic hydroxyl groups excluding tert-OH is 1. The van der Waals surface area contributed by atoms with Gasteiger partial charge in [0.2, 0.25) is 0 Å². The molecule has 0 saturated heterocycles. The molecule has 76 valence electrons. The first-order valence-corrected chi connectivity index (χ1v) is 4.99. The van der Waals surface area contributed by atoms with Crippen LogP contribution in [0.15, 0.2) is 0 Å². The predicted octanol–water partition coefficient (Wildman–Crippen LogP) is 1.79. The monoisotopic (exact) mass is 186 g/mol. The summed E-state index contributed by atoms with van der Waals surface area (Å²) in [5.74, 6) is -0.859. The predicted molar refractivity (Wildman–Crippen MR) is 49.5 cm³/mol. The van der Waals surface area contributed by atoms with E-state index in [2.05, 4.69) is 0 Å². The van der Waals surface area contributed by atoms with Gasteiger partial charge in [0.25, 0.3) is 0 Å². The fraction of sp³-hybridized carbons (Fsp3) is 0.900. The molecule has 1 aliphatic rings. The second-order valence-electron chi connectivity index (χ2n) is 4.19. The molecule has 0 aromatic heterocycles. The molecule has 0 spiro atoms. The van der Waals surface area contributed by atoms with Crippen molar-refractivity contribution in [2.45, 2.75) is 51.6 Å². The summed E-state index contributed by atoms with van der Waals surface area (Å²) in [6, 6.07) is 0. The molecule has 0 amide bonds. The fourth-order valence-electron chi connectivity index (χ4n) is 1.92. The zero-order valence-corrected chi connectivity index (χ0v) is 8.12. The number of hydrogen-bond acceptors (Lipinski definition) is 2. The van der Waals surface area contributed by atoms with E-state index in [0.29, 0.717) is 12.8 Å². The van der Waals surface area contributed by atoms with E-state index in [1.807, 2.05) is 0 Å². The average molecular weight is 186 g/mol. The van der Waals surface area contributed by atoms with E-state index in [1.165, 1.54) is 0 Å². The van der Waals surface area contributed by atoms with Crippen molar-refractivity contribution < 1.29 is 15.0 Å². The van der Waals surface area contributed by atoms with Gasteiger partial charge in [-0.05, 0) is 19.8 Å². The van der Waals surface area contributed by atoms with Crippen molar-refractivity contribution in [3.8, 4) is 0 Å². The van der Waals surface area contributed by atoms with Crippen LogP contribution < -0.4 is 0 Å². The molecule has 2 atom stereocenters. The molecule has 1 aliphatic carbocycles. The first kappa shape index (κ1) is 10.5. The molecule has 3 heteroatoms. The third-order valence-corrected chi connectivity index (χ3v) is 3.15. The lowest BCUT2D eigenvalue weighted by Crippen LogP contribution is -2.40. The first-order valence-electron chi connectivity index (χ1n) is 4.99. The molecule has 2 N–H and O–H groups in total. The third kappa shape index (κ3) is 2.21. The lowest BCUT2D eigenvalue weighted by molar-refractivity contribution is -0.156. The zero-order chi connectivity index (χ0) is 9.90. The normalized spacial score (nSPS) is 36.3. The first-order chi connectivity index (χ1) is 6.07. The van der Waals surface area contributed by atoms with Gasteiger partial charge in [0.1, 0.15) is 0 Å². The SMILES string of the molecule is C[C@]1(C(=O)O)CCCCCC[C@@H]1O. The molecule has 3 nitrogen and oxygen atoms in total. The number of carboxylic acid groups (broad SMARTS) is 1. The summed E-state index contributed by atoms with van der Waals surface area (Å²) in [6.07, 6.45) is 4.63. The molecule has 1 saturated carbocycles. The minimum absolute atomic E-state index is 0.601. The van der Waals surface area contributed by atoms with Gasteiger partial charge in [-0.1, -0.05) is 25.7 Å². The number of hydrogen-bond donors (Lipinski definition) is 2. The van der Waals surface area contributed by atoms with Crippen molar-refractivity contribution in [1.82, 2.24) is 0 Å². The Morgan fingerprint density at radius 2 is 1.92 bits per heavy atom. The van der Waals surface area contributed by atoms with E-state index in [9.17, 15) is 9.90 Å². The van der Waals surface area contributed by atoms with Gasteiger partial charge in [-0.2, -0.15) is 0 Å². The van der Waals surface area contributed by atoms with Crippen molar-refractivity contribution >= 4 is 5.97 Å². The van der Waals surface area contributed by atoms with Crippen LogP contribution in [0.2, 0.25) is 0 Å². The van der Waals surface area contributed by atoms with Crippen LogP contribution in [0.25, 0.3) is 0 Å². The molecule has 0 heterocycles. The van der Waals surface area contributed by atoms with E-state index in [0.717, 1.165) is 25.7 Å². The molecule has 0 aliphatic heterocycles. The minimum atomic E-state index is -0.916. The van der Waals surface area contributed by atoms with E-state index < -0.39 is 17.5 Å². The number of carbonyl (C=O) groups is 1. The van der Waals surface area contributed by atoms with Crippen LogP contribution in [0.4, 0.5) is 0 Å². The van der Waals surface area contributed by atoms with Crippen molar-refractivity contribution in [3.63, 3.8) is 0 Å². The van der Waals surface area contributed by atoms with E-state index in [1.54, 1.807) is 6.92 Å². The summed E-state index contributed by atoms with van der Waals surface area (Å²) < 4.78 is 0. The highest BCUT2D eigenvalue weighted by atomic mass is 16.4. The Morgan fingerprint density at radius 3 is 2.54 bits per heavy atom. The highest BCUT2D eigenvalue weighted by Gasteiger charge is 2.40. The van der Waals surface area contributed by atoms with Crippen molar-refractivity contribution in [2.75, 3.05) is 0 Å². The molecule has 13 heavy (non-hydrogen) atoms. The smallest absolute Gasteiger partial charge is 0.311 e. The van der Waals surface area contributed by atoms with Gasteiger partial charge in [0.15, 0.2) is 0 Å². The van der Waals surface area contributed by atoms with Crippen molar-refractivity contribution in [1.29, 1.82) is 0 Å². The van der Waals surface area contributed by atoms with E-state index >= 15 is 0 Å². The van der Waals surface area contributed by atoms with Crippen molar-refractivity contribution in [3.05, 3.63) is 0 Å². The van der Waals surface area contributed by atoms with Crippen LogP contribution in [0.1, 0.15) is 45.4 Å². The molecule has 0 aromatic rings. The highest BCUT2D eigenvalue weighted by Crippen LogP contribution is 2.34. The van der Waals surface area contributed by atoms with Crippen LogP contribution in [-0.2, 0) is 4.79 Å². The lowest BCUT2D eigenvalue weighted by atomic mass is 9.76. The van der Waals surface area contributed by atoms with E-state index in [-0.39, 0.29) is 0 Å². The van der Waals surface area contributed by atoms with E-state index in [4.69, 9.17) is 5.11 Å². The third-order valence-electron chi connectivity index (χ3n) is 3.15. The average Bonchev–Trinajstić information content (AvgIpc) is 2.07. The maximum atomic E-state index is 11.0. The second kappa shape index (κ2) is 4.09.